The number of rotatable bonds is 12. The Morgan fingerprint density at radius 3 is 1.31 bits per heavy atom. The summed E-state index contributed by atoms with van der Waals surface area (Å²) in [6.45, 7) is 1.77. The third kappa shape index (κ3) is 15.9. The van der Waals surface area contributed by atoms with Crippen LogP contribution in [0.5, 0.6) is 0 Å². The second-order valence-corrected chi connectivity index (χ2v) is 14.2. The van der Waals surface area contributed by atoms with Crippen LogP contribution in [-0.4, -0.2) is 88.3 Å². The molecule has 4 aromatic carbocycles. The van der Waals surface area contributed by atoms with Gasteiger partial charge in [-0.2, -0.15) is 39.5 Å². The van der Waals surface area contributed by atoms with Crippen LogP contribution < -0.4 is 42.6 Å². The Kier molecular flexibility index (Phi) is 18.7. The molecular weight excluding hydrogens is 958 g/mol. The maximum Gasteiger partial charge on any atom is 0.430 e. The lowest BCUT2D eigenvalue weighted by molar-refractivity contribution is -0.547. The van der Waals surface area contributed by atoms with E-state index in [-0.39, 0.29) is 18.7 Å². The molecule has 0 amide bonds. The van der Waals surface area contributed by atoms with Crippen LogP contribution in [0.15, 0.2) is 140 Å². The van der Waals surface area contributed by atoms with Crippen LogP contribution in [0.3, 0.4) is 0 Å². The zero-order chi connectivity index (χ0) is 51.8. The van der Waals surface area contributed by atoms with Crippen LogP contribution in [0.2, 0.25) is 0 Å². The van der Waals surface area contributed by atoms with Gasteiger partial charge in [0.25, 0.3) is 11.7 Å². The number of nitrogens with two attached hydrogens (primary N) is 4. The number of nitrogens with one attached hydrogen (secondary N) is 1. The second kappa shape index (κ2) is 24.1. The van der Waals surface area contributed by atoms with Gasteiger partial charge < -0.3 is 44.6 Å². The number of amidine groups is 2. The average Bonchev–Trinajstić information content (AvgIpc) is 4.10. The van der Waals surface area contributed by atoms with E-state index in [4.69, 9.17) is 41.2 Å². The van der Waals surface area contributed by atoms with Gasteiger partial charge in [-0.15, -0.1) is 10.9 Å². The highest BCUT2D eigenvalue weighted by Gasteiger charge is 2.33. The number of carboxylic acid groups (broad SMARTS) is 3. The summed E-state index contributed by atoms with van der Waals surface area (Å²) in [4.78, 5) is 33.8. The fourth-order valence-electron chi connectivity index (χ4n) is 6.34. The van der Waals surface area contributed by atoms with Crippen molar-refractivity contribution in [3.05, 3.63) is 131 Å². The van der Waals surface area contributed by atoms with Gasteiger partial charge >= 0.3 is 24.5 Å². The number of halogens is 9. The summed E-state index contributed by atoms with van der Waals surface area (Å²) in [5.74, 6) is -7.35. The second-order valence-electron chi connectivity index (χ2n) is 14.2. The van der Waals surface area contributed by atoms with E-state index in [0.717, 1.165) is 61.9 Å². The van der Waals surface area contributed by atoms with Gasteiger partial charge in [-0.1, -0.05) is 95.1 Å². The molecule has 3 aliphatic rings. The normalized spacial score (nSPS) is 15.0. The first-order valence-electron chi connectivity index (χ1n) is 19.7. The molecular formula is C41H38F9N13O7. The van der Waals surface area contributed by atoms with Crippen LogP contribution in [0.25, 0.3) is 22.3 Å². The largest absolute Gasteiger partial charge is 0.542 e. The number of nitrogens with zero attached hydrogens (tertiary/aromatic N) is 8. The number of carbonyl (C=O) groups excluding carboxylic acids is 3. The van der Waals surface area contributed by atoms with E-state index < -0.39 is 36.4 Å². The molecule has 20 nitrogen and oxygen atoms in total. The Morgan fingerprint density at radius 2 is 0.986 bits per heavy atom. The lowest BCUT2D eigenvalue weighted by Gasteiger charge is -2.33. The minimum absolute atomic E-state index is 0.0427. The number of benzene rings is 4. The molecule has 0 saturated carbocycles. The number of carbonyl (C=O) groups is 3. The van der Waals surface area contributed by atoms with Gasteiger partial charge in [0.05, 0.1) is 34.7 Å². The predicted octanol–water partition coefficient (Wildman–Crippen LogP) is -1.65. The lowest BCUT2D eigenvalue weighted by atomic mass is 9.98. The van der Waals surface area contributed by atoms with Gasteiger partial charge in [0, 0.05) is 41.9 Å². The molecule has 0 aromatic heterocycles. The highest BCUT2D eigenvalue weighted by molar-refractivity contribution is 5.99. The molecule has 0 spiro atoms. The van der Waals surface area contributed by atoms with Gasteiger partial charge in [0.1, 0.15) is 24.1 Å². The molecule has 372 valence electrons. The molecule has 3 heterocycles. The molecule has 3 aliphatic heterocycles. The van der Waals surface area contributed by atoms with E-state index in [0.29, 0.717) is 26.1 Å². The number of aliphatic hydroxyl groups is 1. The molecule has 1 atom stereocenters. The Balaban J connectivity index is 0.000000424. The Labute approximate surface area is 388 Å². The number of hydrogen-bond acceptors (Lipinski definition) is 15. The highest BCUT2D eigenvalue weighted by atomic mass is 19.4. The van der Waals surface area contributed by atoms with Crippen molar-refractivity contribution < 1.29 is 90.2 Å². The van der Waals surface area contributed by atoms with E-state index in [9.17, 15) is 44.6 Å². The molecule has 0 aliphatic carbocycles. The minimum atomic E-state index is -5.19. The number of guanidine groups is 1. The van der Waals surface area contributed by atoms with Crippen LogP contribution >= 0.6 is 0 Å². The monoisotopic (exact) mass is 995 g/mol. The average molecular weight is 996 g/mol. The molecule has 7 rings (SSSR count). The minimum Gasteiger partial charge on any atom is -0.542 e. The van der Waals surface area contributed by atoms with Crippen molar-refractivity contribution in [2.45, 2.75) is 44.2 Å². The molecule has 1 unspecified atom stereocenters. The van der Waals surface area contributed by atoms with E-state index in [2.05, 4.69) is 113 Å². The Morgan fingerprint density at radius 1 is 0.614 bits per heavy atom. The van der Waals surface area contributed by atoms with E-state index in [1.54, 1.807) is 10.9 Å². The summed E-state index contributed by atoms with van der Waals surface area (Å²) in [5.41, 5.74) is 24.3. The number of alkyl halides is 9. The summed E-state index contributed by atoms with van der Waals surface area (Å²) in [7, 11) is 0. The van der Waals surface area contributed by atoms with E-state index in [1.165, 1.54) is 0 Å². The van der Waals surface area contributed by atoms with E-state index >= 15 is 0 Å². The van der Waals surface area contributed by atoms with Crippen molar-refractivity contribution in [2.24, 2.45) is 42.6 Å². The topological polar surface area (TPSA) is 320 Å². The standard InChI is InChI=1S/C35H35N13O.3C2HF3O2/c36-35(37)38-18-17-27-21-47(19-23-9-13-25(14-10-23)28-5-1-3-7-30(28)33-39-43-44-40-33)32(22-49)48(27)20-24-11-15-26(16-12-24)29-6-2-4-8-31(29)34-41-45-46-42-34;3*3-2(4,5)1(6)7/h1-16,21,32,49H,17-20,22H2,(H4,36,37,38)(H,39,40,43,44)(H,41,42,45,46);3*(H,6,7). The summed E-state index contributed by atoms with van der Waals surface area (Å²) in [5, 5.41) is 60.7. The highest BCUT2D eigenvalue weighted by Crippen LogP contribution is 2.31. The van der Waals surface area contributed by atoms with Crippen molar-refractivity contribution in [3.63, 3.8) is 0 Å². The van der Waals surface area contributed by atoms with Gasteiger partial charge in [0.2, 0.25) is 0 Å². The van der Waals surface area contributed by atoms with Gasteiger partial charge in [-0.3, -0.25) is 16.5 Å². The summed E-state index contributed by atoms with van der Waals surface area (Å²) < 4.78 is 94.6. The maximum absolute atomic E-state index is 10.7. The summed E-state index contributed by atoms with van der Waals surface area (Å²) >= 11 is 0. The number of quaternary nitrogens is 2. The smallest absolute Gasteiger partial charge is 0.430 e. The zero-order valence-corrected chi connectivity index (χ0v) is 35.6. The first kappa shape index (κ1) is 54.3. The van der Waals surface area contributed by atoms with Crippen LogP contribution in [0.1, 0.15) is 28.7 Å². The molecule has 0 bridgehead atoms. The molecule has 4 aromatic rings. The molecule has 29 heteroatoms. The molecule has 70 heavy (non-hydrogen) atoms. The van der Waals surface area contributed by atoms with Crippen molar-refractivity contribution in [2.75, 3.05) is 13.2 Å². The number of aliphatic hydroxyl groups excluding tert-OH is 1. The summed E-state index contributed by atoms with van der Waals surface area (Å²) in [6.07, 6.45) is -13.0. The fraction of sp³-hybridized carbons (Fsp3) is 0.220. The number of carboxylic acids is 3. The van der Waals surface area contributed by atoms with Gasteiger partial charge in [0.15, 0.2) is 0 Å². The van der Waals surface area contributed by atoms with Crippen molar-refractivity contribution in [3.8, 4) is 22.3 Å². The maximum atomic E-state index is 10.7. The summed E-state index contributed by atoms with van der Waals surface area (Å²) in [6, 6.07) is 33.2. The van der Waals surface area contributed by atoms with Crippen molar-refractivity contribution in [1.82, 2.24) is 9.80 Å². The molecule has 0 saturated heterocycles. The third-order valence-corrected chi connectivity index (χ3v) is 9.42. The Bertz CT molecular complexity index is 2600. The Hall–Kier alpha value is -8.31. The quantitative estimate of drug-likeness (QED) is 0.0404. The van der Waals surface area contributed by atoms with Crippen molar-refractivity contribution >= 4 is 35.5 Å². The van der Waals surface area contributed by atoms with Crippen molar-refractivity contribution in [1.29, 1.82) is 0 Å². The zero-order valence-electron chi connectivity index (χ0n) is 35.6. The first-order valence-corrected chi connectivity index (χ1v) is 19.7. The first-order chi connectivity index (χ1) is 32.9. The predicted molar refractivity (Wildman–Crippen MR) is 217 cm³/mol. The SMILES string of the molecule is NC(N)=[NH+]CCC1=CN(Cc2ccc(-c3ccccc3C3=NN=N[NH2+]3)cc2)C(CO)N1Cc1ccc(-c2ccccc2C2=NN=N[NH2+]2)cc1.O=C([O-])C(F)(F)F.O=C([O-])C(F)(F)F.O=C([O-])C(F)(F)F. The van der Waals surface area contributed by atoms with Crippen LogP contribution in [0.4, 0.5) is 39.5 Å². The number of aliphatic carboxylic acids is 3. The van der Waals surface area contributed by atoms with Gasteiger partial charge in [-0.25, -0.2) is 0 Å². The number of hydrogen-bond donors (Lipinski definition) is 6. The fourth-order valence-corrected chi connectivity index (χ4v) is 6.34. The van der Waals surface area contributed by atoms with Gasteiger partial charge in [-0.05, 0) is 45.5 Å². The van der Waals surface area contributed by atoms with Crippen LogP contribution in [0, 0.1) is 0 Å². The third-order valence-electron chi connectivity index (χ3n) is 9.42. The molecule has 10 N–H and O–H groups in total. The van der Waals surface area contributed by atoms with E-state index in [1.807, 2.05) is 36.4 Å². The van der Waals surface area contributed by atoms with Crippen LogP contribution in [-0.2, 0) is 27.5 Å². The molecule has 0 radical (unpaired) electrons. The molecule has 0 fully saturated rings. The lowest BCUT2D eigenvalue weighted by Crippen LogP contribution is -2.80.